The SMILES string of the molecule is CC(=O)c1ccc(NC(=O)c2n[nH]c3ccc(-c4cncc(CN5CCCCC5)c4)cc23)cn1.O=C(NC1CCCC1)c1ccc(NC(=O)c2n[nH]c3ccc(-c4cccnc4)cc23)cn1. The van der Waals surface area contributed by atoms with Crippen LogP contribution in [0.1, 0.15) is 99.4 Å². The van der Waals surface area contributed by atoms with E-state index >= 15 is 0 Å². The molecule has 0 radical (unpaired) electrons. The van der Waals surface area contributed by atoms with Crippen molar-refractivity contribution in [1.29, 1.82) is 0 Å². The zero-order valence-electron chi connectivity index (χ0n) is 36.4. The number of likely N-dealkylation sites (tertiary alicyclic amines) is 1. The normalized spacial score (nSPS) is 14.1. The number of hydrogen-bond donors (Lipinski definition) is 5. The number of fused-ring (bicyclic) bond motifs is 2. The van der Waals surface area contributed by atoms with Gasteiger partial charge in [-0.2, -0.15) is 10.2 Å². The molecule has 6 aromatic heterocycles. The zero-order valence-corrected chi connectivity index (χ0v) is 36.4. The molecular weight excluding hydrogens is 833 g/mol. The lowest BCUT2D eigenvalue weighted by Gasteiger charge is -2.26. The van der Waals surface area contributed by atoms with E-state index in [0.717, 1.165) is 84.0 Å². The summed E-state index contributed by atoms with van der Waals surface area (Å²) in [6, 6.07) is 24.4. The van der Waals surface area contributed by atoms with Gasteiger partial charge in [0, 0.05) is 66.2 Å². The van der Waals surface area contributed by atoms with Crippen molar-refractivity contribution in [1.82, 2.24) is 50.5 Å². The third kappa shape index (κ3) is 10.2. The quantitative estimate of drug-likeness (QED) is 0.0777. The molecule has 0 bridgehead atoms. The van der Waals surface area contributed by atoms with Crippen molar-refractivity contribution < 1.29 is 19.2 Å². The van der Waals surface area contributed by atoms with Gasteiger partial charge in [0.2, 0.25) is 0 Å². The molecule has 2 aliphatic rings. The van der Waals surface area contributed by atoms with E-state index in [9.17, 15) is 19.2 Å². The van der Waals surface area contributed by atoms with Gasteiger partial charge in [-0.1, -0.05) is 37.5 Å². The van der Waals surface area contributed by atoms with Crippen LogP contribution >= 0.6 is 0 Å². The van der Waals surface area contributed by atoms with Gasteiger partial charge in [0.1, 0.15) is 11.4 Å². The molecule has 16 nitrogen and oxygen atoms in total. The molecule has 1 aliphatic carbocycles. The summed E-state index contributed by atoms with van der Waals surface area (Å²) in [7, 11) is 0. The van der Waals surface area contributed by atoms with Crippen LogP contribution in [0.5, 0.6) is 0 Å². The third-order valence-corrected chi connectivity index (χ3v) is 11.9. The van der Waals surface area contributed by atoms with Gasteiger partial charge in [-0.15, -0.1) is 0 Å². The second kappa shape index (κ2) is 19.8. The van der Waals surface area contributed by atoms with Gasteiger partial charge in [0.15, 0.2) is 17.2 Å². The van der Waals surface area contributed by atoms with Crippen molar-refractivity contribution in [3.63, 3.8) is 0 Å². The molecule has 1 saturated heterocycles. The Hall–Kier alpha value is -7.98. The van der Waals surface area contributed by atoms with Gasteiger partial charge in [-0.3, -0.25) is 49.2 Å². The van der Waals surface area contributed by atoms with E-state index in [1.807, 2.05) is 60.9 Å². The first kappa shape index (κ1) is 43.3. The minimum atomic E-state index is -0.357. The topological polar surface area (TPSA) is 217 Å². The lowest BCUT2D eigenvalue weighted by Crippen LogP contribution is -2.33. The Kier molecular flexibility index (Phi) is 13.0. The van der Waals surface area contributed by atoms with Crippen molar-refractivity contribution in [2.75, 3.05) is 23.7 Å². The van der Waals surface area contributed by atoms with Gasteiger partial charge in [-0.25, -0.2) is 4.98 Å². The Morgan fingerprint density at radius 3 is 1.79 bits per heavy atom. The summed E-state index contributed by atoms with van der Waals surface area (Å²) in [6.07, 6.45) is 18.4. The van der Waals surface area contributed by atoms with E-state index in [2.05, 4.69) is 67.2 Å². The minimum absolute atomic E-state index is 0.127. The maximum absolute atomic E-state index is 12.9. The van der Waals surface area contributed by atoms with Crippen molar-refractivity contribution in [2.45, 2.75) is 64.5 Å². The molecule has 66 heavy (non-hydrogen) atoms. The number of aromatic amines is 2. The number of H-pyrrole nitrogens is 2. The smallest absolute Gasteiger partial charge is 0.276 e. The standard InChI is InChI=1S/C26H26N6O2.C24H22N6O2/c1-17(33)23-8-6-21(15-28-23)29-26(34)25-22-12-19(5-7-24(22)30-31-25)20-11-18(13-27-14-20)16-32-9-3-2-4-10-32;31-23(27-17-5-1-2-6-17)21-10-8-18(14-26-21)28-24(32)22-19-12-15(7-9-20(19)29-30-22)16-4-3-11-25-13-16/h5-8,11-15H,2-4,9-10,16H2,1H3,(H,29,34)(H,30,31);3-4,7-14,17H,1-2,5-6H2,(H,27,31)(H,28,32)(H,29,30). The number of ketones is 1. The molecule has 8 aromatic rings. The Labute approximate surface area is 380 Å². The van der Waals surface area contributed by atoms with Crippen LogP contribution in [-0.4, -0.2) is 87.9 Å². The number of carbonyl (C=O) groups is 4. The molecule has 16 heteroatoms. The van der Waals surface area contributed by atoms with Gasteiger partial charge in [0.05, 0.1) is 34.8 Å². The van der Waals surface area contributed by atoms with Crippen LogP contribution in [0.15, 0.2) is 116 Å². The van der Waals surface area contributed by atoms with Crippen LogP contribution < -0.4 is 16.0 Å². The number of anilines is 2. The first-order valence-electron chi connectivity index (χ1n) is 22.1. The number of hydrogen-bond acceptors (Lipinski definition) is 11. The van der Waals surface area contributed by atoms with E-state index in [4.69, 9.17) is 0 Å². The molecule has 5 N–H and O–H groups in total. The Morgan fingerprint density at radius 1 is 0.606 bits per heavy atom. The fourth-order valence-corrected chi connectivity index (χ4v) is 8.36. The predicted molar refractivity (Wildman–Crippen MR) is 252 cm³/mol. The highest BCUT2D eigenvalue weighted by molar-refractivity contribution is 6.12. The fourth-order valence-electron chi connectivity index (χ4n) is 8.36. The number of piperidine rings is 1. The number of nitrogens with zero attached hydrogens (tertiary/aromatic N) is 7. The second-order valence-electron chi connectivity index (χ2n) is 16.6. The summed E-state index contributed by atoms with van der Waals surface area (Å²) in [6.45, 7) is 4.62. The maximum Gasteiger partial charge on any atom is 0.276 e. The summed E-state index contributed by atoms with van der Waals surface area (Å²) >= 11 is 0. The van der Waals surface area contributed by atoms with Crippen LogP contribution in [0.4, 0.5) is 11.4 Å². The number of Topliss-reactive ketones (excluding diaryl/α,β-unsaturated/α-hetero) is 1. The van der Waals surface area contributed by atoms with Crippen LogP contribution in [0.25, 0.3) is 44.1 Å². The van der Waals surface area contributed by atoms with Gasteiger partial charge < -0.3 is 16.0 Å². The maximum atomic E-state index is 12.9. The highest BCUT2D eigenvalue weighted by Gasteiger charge is 2.21. The molecule has 0 atom stereocenters. The molecule has 1 aliphatic heterocycles. The summed E-state index contributed by atoms with van der Waals surface area (Å²) in [5, 5.41) is 24.3. The molecular formula is C50H48N12O4. The van der Waals surface area contributed by atoms with Gasteiger partial charge in [0.25, 0.3) is 17.7 Å². The predicted octanol–water partition coefficient (Wildman–Crippen LogP) is 8.41. The van der Waals surface area contributed by atoms with Gasteiger partial charge >= 0.3 is 0 Å². The van der Waals surface area contributed by atoms with E-state index in [-0.39, 0.29) is 35.2 Å². The van der Waals surface area contributed by atoms with E-state index < -0.39 is 0 Å². The van der Waals surface area contributed by atoms with E-state index in [0.29, 0.717) is 33.8 Å². The summed E-state index contributed by atoms with van der Waals surface area (Å²) < 4.78 is 0. The third-order valence-electron chi connectivity index (χ3n) is 11.9. The Bertz CT molecular complexity index is 3010. The average molecular weight is 881 g/mol. The molecule has 0 unspecified atom stereocenters. The lowest BCUT2D eigenvalue weighted by molar-refractivity contribution is 0.0931. The summed E-state index contributed by atoms with van der Waals surface area (Å²) in [5.74, 6) is -1.02. The first-order chi connectivity index (χ1) is 32.2. The Morgan fingerprint density at radius 2 is 1.21 bits per heavy atom. The minimum Gasteiger partial charge on any atom is -0.348 e. The average Bonchev–Trinajstić information content (AvgIpc) is 4.13. The Balaban J connectivity index is 0.000000166. The molecule has 2 fully saturated rings. The number of carbonyl (C=O) groups excluding carboxylic acids is 4. The van der Waals surface area contributed by atoms with E-state index in [1.165, 1.54) is 44.1 Å². The van der Waals surface area contributed by atoms with Crippen LogP contribution in [0, 0.1) is 0 Å². The van der Waals surface area contributed by atoms with E-state index in [1.54, 1.807) is 36.7 Å². The molecule has 2 aromatic carbocycles. The molecule has 3 amide bonds. The number of rotatable bonds is 11. The number of aromatic nitrogens is 8. The van der Waals surface area contributed by atoms with Gasteiger partial charge in [-0.05, 0) is 116 Å². The van der Waals surface area contributed by atoms with Crippen molar-refractivity contribution in [2.24, 2.45) is 0 Å². The number of benzene rings is 2. The highest BCUT2D eigenvalue weighted by Crippen LogP contribution is 2.28. The lowest BCUT2D eigenvalue weighted by atomic mass is 10.0. The highest BCUT2D eigenvalue weighted by atomic mass is 16.2. The molecule has 1 saturated carbocycles. The zero-order chi connectivity index (χ0) is 45.4. The summed E-state index contributed by atoms with van der Waals surface area (Å²) in [4.78, 5) is 68.9. The second-order valence-corrected chi connectivity index (χ2v) is 16.6. The monoisotopic (exact) mass is 880 g/mol. The van der Waals surface area contributed by atoms with Crippen LogP contribution in [-0.2, 0) is 6.54 Å². The molecule has 0 spiro atoms. The van der Waals surface area contributed by atoms with Crippen molar-refractivity contribution in [3.8, 4) is 22.3 Å². The number of nitrogens with one attached hydrogen (secondary N) is 5. The first-order valence-corrected chi connectivity index (χ1v) is 22.1. The molecule has 7 heterocycles. The van der Waals surface area contributed by atoms with Crippen LogP contribution in [0.2, 0.25) is 0 Å². The van der Waals surface area contributed by atoms with Crippen molar-refractivity contribution in [3.05, 3.63) is 144 Å². The van der Waals surface area contributed by atoms with Crippen LogP contribution in [0.3, 0.4) is 0 Å². The molecule has 332 valence electrons. The number of amides is 3. The molecule has 10 rings (SSSR count). The number of pyridine rings is 4. The fraction of sp³-hybridized carbons (Fsp3) is 0.240. The largest absolute Gasteiger partial charge is 0.348 e. The van der Waals surface area contributed by atoms with Crippen molar-refractivity contribution >= 4 is 56.7 Å². The summed E-state index contributed by atoms with van der Waals surface area (Å²) in [5.41, 5.74) is 8.87.